The van der Waals surface area contributed by atoms with E-state index in [2.05, 4.69) is 34.0 Å². The zero-order valence-electron chi connectivity index (χ0n) is 12.7. The number of hydrogen-bond donors (Lipinski definition) is 1. The minimum absolute atomic E-state index is 0.00515. The average molecular weight is 314 g/mol. The second kappa shape index (κ2) is 6.12. The van der Waals surface area contributed by atoms with Gasteiger partial charge in [-0.2, -0.15) is 4.98 Å². The predicted octanol–water partition coefficient (Wildman–Crippen LogP) is 2.82. The fourth-order valence-corrected chi connectivity index (χ4v) is 2.24. The third-order valence-electron chi connectivity index (χ3n) is 3.27. The number of nitrogens with one attached hydrogen (secondary N) is 1. The third-order valence-corrected chi connectivity index (χ3v) is 3.27. The van der Waals surface area contributed by atoms with Gasteiger partial charge < -0.3 is 9.51 Å². The largest absolute Gasteiger partial charge is 0.333 e. The van der Waals surface area contributed by atoms with Gasteiger partial charge in [0.15, 0.2) is 5.82 Å². The molecule has 0 aliphatic rings. The topological polar surface area (TPSA) is 84.7 Å². The Balaban J connectivity index is 1.95. The van der Waals surface area contributed by atoms with Crippen LogP contribution in [-0.4, -0.2) is 20.1 Å². The van der Waals surface area contributed by atoms with Crippen LogP contribution in [-0.2, 0) is 6.42 Å². The molecule has 3 aromatic rings. The van der Waals surface area contributed by atoms with E-state index < -0.39 is 5.82 Å². The van der Waals surface area contributed by atoms with Crippen molar-refractivity contribution in [2.45, 2.75) is 20.3 Å². The molecule has 7 heteroatoms. The van der Waals surface area contributed by atoms with Gasteiger partial charge in [-0.05, 0) is 30.5 Å². The van der Waals surface area contributed by atoms with E-state index in [0.717, 1.165) is 18.3 Å². The highest BCUT2D eigenvalue weighted by atomic mass is 19.1. The maximum Gasteiger partial charge on any atom is 0.261 e. The molecular weight excluding hydrogens is 299 g/mol. The van der Waals surface area contributed by atoms with Crippen molar-refractivity contribution in [1.82, 2.24) is 20.1 Å². The van der Waals surface area contributed by atoms with E-state index in [1.165, 1.54) is 12.3 Å². The van der Waals surface area contributed by atoms with Crippen LogP contribution in [0.5, 0.6) is 0 Å². The molecular formula is C16H15FN4O2. The molecule has 0 aromatic carbocycles. The van der Waals surface area contributed by atoms with E-state index >= 15 is 0 Å². The molecule has 0 aliphatic heterocycles. The smallest absolute Gasteiger partial charge is 0.261 e. The van der Waals surface area contributed by atoms with E-state index in [-0.39, 0.29) is 28.4 Å². The molecule has 0 unspecified atom stereocenters. The minimum atomic E-state index is -0.566. The molecule has 0 fully saturated rings. The lowest BCUT2D eigenvalue weighted by Gasteiger charge is -2.04. The van der Waals surface area contributed by atoms with Crippen LogP contribution in [0, 0.1) is 11.7 Å². The lowest BCUT2D eigenvalue weighted by atomic mass is 10.1. The molecule has 3 heterocycles. The molecule has 0 atom stereocenters. The number of aromatic amines is 1. The van der Waals surface area contributed by atoms with Crippen LogP contribution in [0.4, 0.5) is 4.39 Å². The molecule has 0 radical (unpaired) electrons. The van der Waals surface area contributed by atoms with Gasteiger partial charge in [-0.15, -0.1) is 0 Å². The predicted molar refractivity (Wildman–Crippen MR) is 82.1 cm³/mol. The van der Waals surface area contributed by atoms with Gasteiger partial charge in [-0.3, -0.25) is 9.78 Å². The Kier molecular flexibility index (Phi) is 4.01. The van der Waals surface area contributed by atoms with Gasteiger partial charge in [-0.1, -0.05) is 19.0 Å². The van der Waals surface area contributed by atoms with Gasteiger partial charge in [0.1, 0.15) is 0 Å². The van der Waals surface area contributed by atoms with E-state index in [9.17, 15) is 9.18 Å². The second-order valence-electron chi connectivity index (χ2n) is 5.60. The van der Waals surface area contributed by atoms with Crippen LogP contribution < -0.4 is 5.56 Å². The first-order valence-corrected chi connectivity index (χ1v) is 7.20. The van der Waals surface area contributed by atoms with Crippen molar-refractivity contribution in [2.24, 2.45) is 5.92 Å². The first kappa shape index (κ1) is 15.1. The fourth-order valence-electron chi connectivity index (χ4n) is 2.24. The summed E-state index contributed by atoms with van der Waals surface area (Å²) in [6.45, 7) is 4.14. The summed E-state index contributed by atoms with van der Waals surface area (Å²) >= 11 is 0. The molecule has 3 rings (SSSR count). The highest BCUT2D eigenvalue weighted by Gasteiger charge is 2.16. The molecule has 1 N–H and O–H groups in total. The Morgan fingerprint density at radius 1 is 1.26 bits per heavy atom. The quantitative estimate of drug-likeness (QED) is 0.800. The number of H-pyrrole nitrogens is 1. The summed E-state index contributed by atoms with van der Waals surface area (Å²) < 4.78 is 18.7. The Hall–Kier alpha value is -2.83. The van der Waals surface area contributed by atoms with Gasteiger partial charge in [0.05, 0.1) is 17.3 Å². The van der Waals surface area contributed by atoms with Crippen LogP contribution in [0.2, 0.25) is 0 Å². The summed E-state index contributed by atoms with van der Waals surface area (Å²) in [5.74, 6) is -0.00838. The summed E-state index contributed by atoms with van der Waals surface area (Å²) in [5, 5.41) is 3.76. The lowest BCUT2D eigenvalue weighted by Crippen LogP contribution is -2.13. The number of aromatic nitrogens is 4. The monoisotopic (exact) mass is 314 g/mol. The molecule has 23 heavy (non-hydrogen) atoms. The van der Waals surface area contributed by atoms with Crippen molar-refractivity contribution in [1.29, 1.82) is 0 Å². The van der Waals surface area contributed by atoms with E-state index in [0.29, 0.717) is 5.92 Å². The number of pyridine rings is 2. The van der Waals surface area contributed by atoms with Crippen LogP contribution in [0.3, 0.4) is 0 Å². The van der Waals surface area contributed by atoms with Crippen molar-refractivity contribution >= 4 is 0 Å². The number of hydrogen-bond acceptors (Lipinski definition) is 5. The fraction of sp³-hybridized carbons (Fsp3) is 0.250. The highest BCUT2D eigenvalue weighted by Crippen LogP contribution is 2.22. The van der Waals surface area contributed by atoms with Crippen LogP contribution in [0.1, 0.15) is 19.5 Å². The Morgan fingerprint density at radius 2 is 2.09 bits per heavy atom. The number of rotatable bonds is 4. The van der Waals surface area contributed by atoms with Gasteiger partial charge >= 0.3 is 0 Å². The van der Waals surface area contributed by atoms with Gasteiger partial charge in [0, 0.05) is 11.9 Å². The van der Waals surface area contributed by atoms with Crippen molar-refractivity contribution < 1.29 is 8.91 Å². The molecule has 118 valence electrons. The molecule has 0 amide bonds. The highest BCUT2D eigenvalue weighted by molar-refractivity contribution is 5.59. The Labute approximate surface area is 131 Å². The molecule has 0 saturated heterocycles. The summed E-state index contributed by atoms with van der Waals surface area (Å²) in [6.07, 6.45) is 3.26. The Morgan fingerprint density at radius 3 is 2.78 bits per heavy atom. The van der Waals surface area contributed by atoms with E-state index in [1.807, 2.05) is 6.07 Å². The van der Waals surface area contributed by atoms with E-state index in [1.54, 1.807) is 6.07 Å². The Bertz CT molecular complexity index is 886. The maximum absolute atomic E-state index is 13.7. The van der Waals surface area contributed by atoms with Crippen LogP contribution in [0.25, 0.3) is 22.8 Å². The minimum Gasteiger partial charge on any atom is -0.333 e. The van der Waals surface area contributed by atoms with Crippen LogP contribution in [0.15, 0.2) is 39.9 Å². The first-order chi connectivity index (χ1) is 11.0. The normalized spacial score (nSPS) is 11.1. The second-order valence-corrected chi connectivity index (χ2v) is 5.60. The third kappa shape index (κ3) is 3.18. The number of halogens is 1. The molecule has 0 aliphatic carbocycles. The van der Waals surface area contributed by atoms with Crippen molar-refractivity contribution in [2.75, 3.05) is 0 Å². The van der Waals surface area contributed by atoms with E-state index in [4.69, 9.17) is 4.52 Å². The summed E-state index contributed by atoms with van der Waals surface area (Å²) in [6, 6.07) is 4.90. The summed E-state index contributed by atoms with van der Waals surface area (Å²) in [5.41, 5.74) is 0.969. The van der Waals surface area contributed by atoms with Crippen molar-refractivity contribution in [3.63, 3.8) is 0 Å². The zero-order valence-corrected chi connectivity index (χ0v) is 12.7. The van der Waals surface area contributed by atoms with Gasteiger partial charge in [0.2, 0.25) is 5.82 Å². The first-order valence-electron chi connectivity index (χ1n) is 7.20. The maximum atomic E-state index is 13.7. The molecule has 3 aromatic heterocycles. The number of nitrogens with zero attached hydrogens (tertiary/aromatic N) is 3. The summed E-state index contributed by atoms with van der Waals surface area (Å²) in [7, 11) is 0. The van der Waals surface area contributed by atoms with Gasteiger partial charge in [-0.25, -0.2) is 4.39 Å². The SMILES string of the molecule is CC(C)Cc1ccc(-c2noc(-c3ccncc3F)n2)c(=O)[nH]1. The zero-order chi connectivity index (χ0) is 16.4. The molecule has 0 saturated carbocycles. The molecule has 6 nitrogen and oxygen atoms in total. The van der Waals surface area contributed by atoms with Crippen molar-refractivity contribution in [3.05, 3.63) is 52.5 Å². The van der Waals surface area contributed by atoms with Crippen LogP contribution >= 0.6 is 0 Å². The molecule has 0 spiro atoms. The lowest BCUT2D eigenvalue weighted by molar-refractivity contribution is 0.429. The van der Waals surface area contributed by atoms with Crippen molar-refractivity contribution in [3.8, 4) is 22.8 Å². The van der Waals surface area contributed by atoms with Gasteiger partial charge in [0.25, 0.3) is 11.4 Å². The molecule has 0 bridgehead atoms. The average Bonchev–Trinajstić information content (AvgIpc) is 2.96. The standard InChI is InChI=1S/C16H15FN4O2/c1-9(2)7-10-3-4-12(15(22)19-10)14-20-16(23-21-14)11-5-6-18-8-13(11)17/h3-6,8-9H,7H2,1-2H3,(H,19,22). The summed E-state index contributed by atoms with van der Waals surface area (Å²) in [4.78, 5) is 22.7.